The molecule has 1 aromatic carbocycles. The van der Waals surface area contributed by atoms with Crippen molar-refractivity contribution < 1.29 is 4.74 Å². The van der Waals surface area contributed by atoms with E-state index < -0.39 is 0 Å². The van der Waals surface area contributed by atoms with Crippen molar-refractivity contribution in [3.63, 3.8) is 0 Å². The van der Waals surface area contributed by atoms with Gasteiger partial charge in [-0.1, -0.05) is 43.1 Å². The Morgan fingerprint density at radius 2 is 1.90 bits per heavy atom. The molecule has 0 bridgehead atoms. The third kappa shape index (κ3) is 7.85. The molecular weight excluding hydrogens is 282 g/mol. The van der Waals surface area contributed by atoms with Crippen LogP contribution >= 0.6 is 11.6 Å². The van der Waals surface area contributed by atoms with Gasteiger partial charge < -0.3 is 10.1 Å². The van der Waals surface area contributed by atoms with Gasteiger partial charge in [-0.15, -0.1) is 0 Å². The van der Waals surface area contributed by atoms with Crippen molar-refractivity contribution in [1.82, 2.24) is 5.32 Å². The third-order valence-corrected chi connectivity index (χ3v) is 3.82. The van der Waals surface area contributed by atoms with Crippen molar-refractivity contribution in [2.45, 2.75) is 58.4 Å². The quantitative estimate of drug-likeness (QED) is 0.647. The maximum Gasteiger partial charge on any atom is 0.0472 e. The highest BCUT2D eigenvalue weighted by atomic mass is 35.5. The summed E-state index contributed by atoms with van der Waals surface area (Å²) in [6.07, 6.45) is 3.31. The van der Waals surface area contributed by atoms with E-state index in [1.54, 1.807) is 0 Å². The van der Waals surface area contributed by atoms with E-state index in [1.807, 2.05) is 12.1 Å². The Hall–Kier alpha value is -0.570. The van der Waals surface area contributed by atoms with Crippen LogP contribution in [-0.2, 0) is 4.74 Å². The summed E-state index contributed by atoms with van der Waals surface area (Å²) in [5.41, 5.74) is 1.33. The second kappa shape index (κ2) is 9.45. The number of hydrogen-bond donors (Lipinski definition) is 1. The van der Waals surface area contributed by atoms with Gasteiger partial charge in [0.15, 0.2) is 0 Å². The molecule has 0 fully saturated rings. The van der Waals surface area contributed by atoms with E-state index >= 15 is 0 Å². The Labute approximate surface area is 135 Å². The molecule has 2 nitrogen and oxygen atoms in total. The van der Waals surface area contributed by atoms with E-state index in [0.717, 1.165) is 37.6 Å². The predicted molar refractivity (Wildman–Crippen MR) is 92.3 cm³/mol. The van der Waals surface area contributed by atoms with Crippen LogP contribution in [-0.4, -0.2) is 25.3 Å². The molecule has 1 rings (SSSR count). The number of benzene rings is 1. The highest BCUT2D eigenvalue weighted by Crippen LogP contribution is 2.27. The molecule has 1 N–H and O–H groups in total. The number of nitrogens with one attached hydrogen (secondary N) is 1. The number of halogens is 1. The standard InChI is InChI=1S/C18H30ClNO/c1-5-6-12-21-13-11-15(14-20-18(2,3)4)16-9-7-8-10-17(16)19/h7-10,15,20H,5-6,11-14H2,1-4H3. The second-order valence-electron chi connectivity index (χ2n) is 6.60. The molecule has 21 heavy (non-hydrogen) atoms. The van der Waals surface area contributed by atoms with Crippen LogP contribution in [0.1, 0.15) is 58.4 Å². The summed E-state index contributed by atoms with van der Waals surface area (Å²) in [7, 11) is 0. The highest BCUT2D eigenvalue weighted by molar-refractivity contribution is 6.31. The molecule has 0 heterocycles. The average Bonchev–Trinajstić information content (AvgIpc) is 2.42. The van der Waals surface area contributed by atoms with Crippen LogP contribution in [0.2, 0.25) is 5.02 Å². The fourth-order valence-electron chi connectivity index (χ4n) is 2.18. The minimum absolute atomic E-state index is 0.114. The summed E-state index contributed by atoms with van der Waals surface area (Å²) in [4.78, 5) is 0. The molecule has 1 unspecified atom stereocenters. The van der Waals surface area contributed by atoms with Gasteiger partial charge in [0.2, 0.25) is 0 Å². The van der Waals surface area contributed by atoms with Gasteiger partial charge in [-0.05, 0) is 45.2 Å². The highest BCUT2D eigenvalue weighted by Gasteiger charge is 2.17. The maximum absolute atomic E-state index is 6.36. The minimum Gasteiger partial charge on any atom is -0.381 e. The summed E-state index contributed by atoms with van der Waals surface area (Å²) in [6.45, 7) is 11.3. The zero-order chi connectivity index (χ0) is 15.7. The van der Waals surface area contributed by atoms with E-state index in [4.69, 9.17) is 16.3 Å². The monoisotopic (exact) mass is 311 g/mol. The molecule has 0 saturated carbocycles. The predicted octanol–water partition coefficient (Wildman–Crippen LogP) is 5.02. The molecule has 0 saturated heterocycles. The van der Waals surface area contributed by atoms with Gasteiger partial charge in [0.05, 0.1) is 0 Å². The Morgan fingerprint density at radius 3 is 2.52 bits per heavy atom. The summed E-state index contributed by atoms with van der Waals surface area (Å²) in [6, 6.07) is 8.14. The van der Waals surface area contributed by atoms with Crippen LogP contribution < -0.4 is 5.32 Å². The zero-order valence-electron chi connectivity index (χ0n) is 13.9. The smallest absolute Gasteiger partial charge is 0.0472 e. The van der Waals surface area contributed by atoms with Crippen LogP contribution in [0.5, 0.6) is 0 Å². The van der Waals surface area contributed by atoms with Crippen molar-refractivity contribution in [1.29, 1.82) is 0 Å². The summed E-state index contributed by atoms with van der Waals surface area (Å²) in [5, 5.41) is 4.44. The lowest BCUT2D eigenvalue weighted by Gasteiger charge is -2.26. The van der Waals surface area contributed by atoms with Gasteiger partial charge in [-0.3, -0.25) is 0 Å². The van der Waals surface area contributed by atoms with E-state index in [9.17, 15) is 0 Å². The van der Waals surface area contributed by atoms with Crippen molar-refractivity contribution in [3.8, 4) is 0 Å². The number of hydrogen-bond acceptors (Lipinski definition) is 2. The number of ether oxygens (including phenoxy) is 1. The summed E-state index contributed by atoms with van der Waals surface area (Å²) in [5.74, 6) is 0.388. The molecule has 0 aliphatic heterocycles. The Morgan fingerprint density at radius 1 is 1.19 bits per heavy atom. The molecule has 0 aliphatic rings. The fourth-order valence-corrected chi connectivity index (χ4v) is 2.47. The van der Waals surface area contributed by atoms with Gasteiger partial charge in [0.25, 0.3) is 0 Å². The van der Waals surface area contributed by atoms with Gasteiger partial charge in [-0.25, -0.2) is 0 Å². The molecule has 0 aromatic heterocycles. The van der Waals surface area contributed by atoms with Gasteiger partial charge in [0.1, 0.15) is 0 Å². The Kier molecular flexibility index (Phi) is 8.31. The lowest BCUT2D eigenvalue weighted by Crippen LogP contribution is -2.38. The Balaban J connectivity index is 2.60. The molecule has 1 atom stereocenters. The first-order valence-electron chi connectivity index (χ1n) is 8.01. The molecule has 0 spiro atoms. The normalized spacial score (nSPS) is 13.4. The molecule has 0 radical (unpaired) electrons. The van der Waals surface area contributed by atoms with Crippen LogP contribution in [0.15, 0.2) is 24.3 Å². The summed E-state index contributed by atoms with van der Waals surface area (Å²) < 4.78 is 5.73. The lowest BCUT2D eigenvalue weighted by molar-refractivity contribution is 0.123. The lowest BCUT2D eigenvalue weighted by atomic mass is 9.94. The average molecular weight is 312 g/mol. The minimum atomic E-state index is 0.114. The zero-order valence-corrected chi connectivity index (χ0v) is 14.7. The van der Waals surface area contributed by atoms with Crippen molar-refractivity contribution in [3.05, 3.63) is 34.9 Å². The van der Waals surface area contributed by atoms with Crippen molar-refractivity contribution >= 4 is 11.6 Å². The van der Waals surface area contributed by atoms with Crippen LogP contribution in [0.25, 0.3) is 0 Å². The number of unbranched alkanes of at least 4 members (excludes halogenated alkanes) is 1. The first kappa shape index (κ1) is 18.5. The van der Waals surface area contributed by atoms with Gasteiger partial charge in [0, 0.05) is 36.2 Å². The fraction of sp³-hybridized carbons (Fsp3) is 0.667. The van der Waals surface area contributed by atoms with Gasteiger partial charge in [-0.2, -0.15) is 0 Å². The molecule has 3 heteroatoms. The first-order chi connectivity index (χ1) is 9.94. The maximum atomic E-state index is 6.36. The van der Waals surface area contributed by atoms with Crippen LogP contribution in [0.4, 0.5) is 0 Å². The van der Waals surface area contributed by atoms with E-state index in [0.29, 0.717) is 5.92 Å². The Bertz CT molecular complexity index is 400. The van der Waals surface area contributed by atoms with E-state index in [2.05, 4.69) is 45.1 Å². The van der Waals surface area contributed by atoms with Crippen LogP contribution in [0.3, 0.4) is 0 Å². The second-order valence-corrected chi connectivity index (χ2v) is 7.01. The largest absolute Gasteiger partial charge is 0.381 e. The van der Waals surface area contributed by atoms with Crippen molar-refractivity contribution in [2.24, 2.45) is 0 Å². The molecule has 0 amide bonds. The molecule has 0 aliphatic carbocycles. The van der Waals surface area contributed by atoms with Gasteiger partial charge >= 0.3 is 0 Å². The molecule has 120 valence electrons. The van der Waals surface area contributed by atoms with E-state index in [1.165, 1.54) is 12.0 Å². The topological polar surface area (TPSA) is 21.3 Å². The SMILES string of the molecule is CCCCOCCC(CNC(C)(C)C)c1ccccc1Cl. The first-order valence-corrected chi connectivity index (χ1v) is 8.39. The molecular formula is C18H30ClNO. The summed E-state index contributed by atoms with van der Waals surface area (Å²) >= 11 is 6.36. The number of rotatable bonds is 9. The molecule has 1 aromatic rings. The third-order valence-electron chi connectivity index (χ3n) is 3.48. The van der Waals surface area contributed by atoms with Crippen molar-refractivity contribution in [2.75, 3.05) is 19.8 Å². The van der Waals surface area contributed by atoms with Crippen LogP contribution in [0, 0.1) is 0 Å². The van der Waals surface area contributed by atoms with E-state index in [-0.39, 0.29) is 5.54 Å².